The van der Waals surface area contributed by atoms with Crippen LogP contribution in [-0.4, -0.2) is 24.3 Å². The summed E-state index contributed by atoms with van der Waals surface area (Å²) in [5.74, 6) is 0.785. The molecule has 28 heavy (non-hydrogen) atoms. The molecule has 1 aliphatic rings. The van der Waals surface area contributed by atoms with Crippen LogP contribution in [0.25, 0.3) is 11.1 Å². The highest BCUT2D eigenvalue weighted by Crippen LogP contribution is 2.34. The van der Waals surface area contributed by atoms with Crippen molar-refractivity contribution in [3.63, 3.8) is 0 Å². The number of ketones is 1. The summed E-state index contributed by atoms with van der Waals surface area (Å²) in [5.41, 5.74) is 4.38. The van der Waals surface area contributed by atoms with Gasteiger partial charge in [0.05, 0.1) is 6.54 Å². The van der Waals surface area contributed by atoms with E-state index in [1.54, 1.807) is 19.1 Å². The van der Waals surface area contributed by atoms with E-state index in [0.717, 1.165) is 28.9 Å². The molecule has 0 saturated carbocycles. The van der Waals surface area contributed by atoms with Crippen LogP contribution in [-0.2, 0) is 6.42 Å². The summed E-state index contributed by atoms with van der Waals surface area (Å²) < 4.78 is 5.98. The molecule has 4 rings (SSSR count). The van der Waals surface area contributed by atoms with Crippen molar-refractivity contribution in [3.05, 3.63) is 89.5 Å². The molecule has 3 aromatic rings. The molecule has 1 amide bonds. The van der Waals surface area contributed by atoms with E-state index >= 15 is 0 Å². The van der Waals surface area contributed by atoms with E-state index in [1.807, 2.05) is 54.6 Å². The van der Waals surface area contributed by atoms with Crippen LogP contribution in [0.5, 0.6) is 5.75 Å². The Morgan fingerprint density at radius 3 is 2.54 bits per heavy atom. The van der Waals surface area contributed by atoms with Crippen molar-refractivity contribution in [3.8, 4) is 16.9 Å². The molecule has 0 saturated heterocycles. The average molecular weight is 371 g/mol. The Morgan fingerprint density at radius 1 is 1.00 bits per heavy atom. The Labute approximate surface area is 164 Å². The van der Waals surface area contributed by atoms with Crippen molar-refractivity contribution in [2.75, 3.05) is 6.54 Å². The third-order valence-corrected chi connectivity index (χ3v) is 4.95. The molecule has 1 aliphatic heterocycles. The molecule has 0 aliphatic carbocycles. The quantitative estimate of drug-likeness (QED) is 0.681. The van der Waals surface area contributed by atoms with Crippen LogP contribution in [0.4, 0.5) is 0 Å². The Bertz CT molecular complexity index is 1030. The molecule has 4 nitrogen and oxygen atoms in total. The minimum atomic E-state index is -0.101. The molecule has 0 spiro atoms. The largest absolute Gasteiger partial charge is 0.488 e. The van der Waals surface area contributed by atoms with Gasteiger partial charge >= 0.3 is 0 Å². The number of carbonyl (C=O) groups is 2. The number of hydrogen-bond donors (Lipinski definition) is 1. The van der Waals surface area contributed by atoms with Gasteiger partial charge in [-0.3, -0.25) is 9.59 Å². The molecule has 3 aromatic carbocycles. The van der Waals surface area contributed by atoms with Crippen molar-refractivity contribution in [2.45, 2.75) is 19.4 Å². The lowest BCUT2D eigenvalue weighted by molar-refractivity contribution is 0.0933. The summed E-state index contributed by atoms with van der Waals surface area (Å²) in [4.78, 5) is 24.1. The van der Waals surface area contributed by atoms with Gasteiger partial charge < -0.3 is 10.1 Å². The number of Topliss-reactive ketones (excluding diaryl/α,β-unsaturated/α-hetero) is 1. The van der Waals surface area contributed by atoms with Crippen molar-refractivity contribution in [1.82, 2.24) is 5.32 Å². The van der Waals surface area contributed by atoms with E-state index in [9.17, 15) is 9.59 Å². The summed E-state index contributed by atoms with van der Waals surface area (Å²) in [7, 11) is 0. The van der Waals surface area contributed by atoms with Gasteiger partial charge in [-0.25, -0.2) is 0 Å². The Balaban J connectivity index is 1.46. The molecular formula is C24H21NO3. The number of rotatable bonds is 5. The zero-order chi connectivity index (χ0) is 19.5. The van der Waals surface area contributed by atoms with Crippen LogP contribution in [0.15, 0.2) is 72.8 Å². The minimum absolute atomic E-state index is 0.0499. The SMILES string of the molecule is CC(=O)c1ccccc1-c1ccc2c(c1)CC(CNC(=O)c1ccccc1)O2. The first-order chi connectivity index (χ1) is 13.6. The van der Waals surface area contributed by atoms with E-state index in [1.165, 1.54) is 0 Å². The van der Waals surface area contributed by atoms with Gasteiger partial charge in [-0.15, -0.1) is 0 Å². The van der Waals surface area contributed by atoms with Gasteiger partial charge in [0.2, 0.25) is 0 Å². The Kier molecular flexibility index (Phi) is 4.94. The third kappa shape index (κ3) is 3.67. The van der Waals surface area contributed by atoms with Gasteiger partial charge in [-0.2, -0.15) is 0 Å². The van der Waals surface area contributed by atoms with E-state index in [0.29, 0.717) is 17.7 Å². The van der Waals surface area contributed by atoms with Gasteiger partial charge in [0.25, 0.3) is 5.91 Å². The molecule has 1 unspecified atom stereocenters. The Hall–Kier alpha value is -3.40. The minimum Gasteiger partial charge on any atom is -0.488 e. The van der Waals surface area contributed by atoms with Crippen LogP contribution in [0, 0.1) is 0 Å². The second kappa shape index (κ2) is 7.69. The van der Waals surface area contributed by atoms with Gasteiger partial charge in [-0.1, -0.05) is 48.5 Å². The second-order valence-corrected chi connectivity index (χ2v) is 6.94. The van der Waals surface area contributed by atoms with E-state index in [2.05, 4.69) is 11.4 Å². The lowest BCUT2D eigenvalue weighted by atomic mass is 9.95. The Morgan fingerprint density at radius 2 is 1.75 bits per heavy atom. The van der Waals surface area contributed by atoms with Crippen LogP contribution >= 0.6 is 0 Å². The number of fused-ring (bicyclic) bond motifs is 1. The smallest absolute Gasteiger partial charge is 0.251 e. The highest BCUT2D eigenvalue weighted by atomic mass is 16.5. The van der Waals surface area contributed by atoms with Crippen molar-refractivity contribution >= 4 is 11.7 Å². The van der Waals surface area contributed by atoms with Crippen LogP contribution < -0.4 is 10.1 Å². The summed E-state index contributed by atoms with van der Waals surface area (Å²) in [6.45, 7) is 2.03. The average Bonchev–Trinajstić information content (AvgIpc) is 3.14. The molecule has 1 heterocycles. The topological polar surface area (TPSA) is 55.4 Å². The number of benzene rings is 3. The van der Waals surface area contributed by atoms with Gasteiger partial charge in [0, 0.05) is 17.5 Å². The summed E-state index contributed by atoms with van der Waals surface area (Å²) in [5, 5.41) is 2.94. The van der Waals surface area contributed by atoms with Crippen molar-refractivity contribution < 1.29 is 14.3 Å². The molecule has 1 atom stereocenters. The van der Waals surface area contributed by atoms with Gasteiger partial charge in [0.1, 0.15) is 11.9 Å². The first kappa shape index (κ1) is 18.0. The zero-order valence-corrected chi connectivity index (χ0v) is 15.6. The normalized spacial score (nSPS) is 14.8. The molecule has 4 heteroatoms. The second-order valence-electron chi connectivity index (χ2n) is 6.94. The molecule has 0 aromatic heterocycles. The fraction of sp³-hybridized carbons (Fsp3) is 0.167. The highest BCUT2D eigenvalue weighted by molar-refractivity contribution is 6.00. The number of nitrogens with one attached hydrogen (secondary N) is 1. The maximum atomic E-state index is 12.2. The van der Waals surface area contributed by atoms with Crippen LogP contribution in [0.3, 0.4) is 0 Å². The van der Waals surface area contributed by atoms with Crippen molar-refractivity contribution in [1.29, 1.82) is 0 Å². The first-order valence-electron chi connectivity index (χ1n) is 9.35. The number of amides is 1. The maximum Gasteiger partial charge on any atom is 0.251 e. The molecular weight excluding hydrogens is 350 g/mol. The van der Waals surface area contributed by atoms with Gasteiger partial charge in [0.15, 0.2) is 5.78 Å². The van der Waals surface area contributed by atoms with Crippen LogP contribution in [0.1, 0.15) is 33.2 Å². The highest BCUT2D eigenvalue weighted by Gasteiger charge is 2.24. The summed E-state index contributed by atoms with van der Waals surface area (Å²) in [6, 6.07) is 22.8. The number of hydrogen-bond acceptors (Lipinski definition) is 3. The predicted molar refractivity (Wildman–Crippen MR) is 109 cm³/mol. The van der Waals surface area contributed by atoms with E-state index in [-0.39, 0.29) is 17.8 Å². The lowest BCUT2D eigenvalue weighted by Gasteiger charge is -2.12. The zero-order valence-electron chi connectivity index (χ0n) is 15.6. The molecule has 0 fully saturated rings. The molecule has 0 radical (unpaired) electrons. The van der Waals surface area contributed by atoms with E-state index in [4.69, 9.17) is 4.74 Å². The fourth-order valence-corrected chi connectivity index (χ4v) is 3.54. The van der Waals surface area contributed by atoms with E-state index < -0.39 is 0 Å². The maximum absolute atomic E-state index is 12.2. The third-order valence-electron chi connectivity index (χ3n) is 4.95. The lowest BCUT2D eigenvalue weighted by Crippen LogP contribution is -2.34. The first-order valence-corrected chi connectivity index (χ1v) is 9.35. The molecule has 1 N–H and O–H groups in total. The fourth-order valence-electron chi connectivity index (χ4n) is 3.54. The molecule has 0 bridgehead atoms. The number of ether oxygens (including phenoxy) is 1. The summed E-state index contributed by atoms with van der Waals surface area (Å²) >= 11 is 0. The number of carbonyl (C=O) groups excluding carboxylic acids is 2. The van der Waals surface area contributed by atoms with Gasteiger partial charge in [-0.05, 0) is 47.9 Å². The monoisotopic (exact) mass is 371 g/mol. The predicted octanol–water partition coefficient (Wildman–Crippen LogP) is 4.29. The standard InChI is InChI=1S/C24H21NO3/c1-16(26)21-9-5-6-10-22(21)18-11-12-23-19(13-18)14-20(28-23)15-25-24(27)17-7-3-2-4-8-17/h2-13,20H,14-15H2,1H3,(H,25,27). The molecule has 140 valence electrons. The van der Waals surface area contributed by atoms with Crippen LogP contribution in [0.2, 0.25) is 0 Å². The summed E-state index contributed by atoms with van der Waals surface area (Å²) in [6.07, 6.45) is 0.626. The van der Waals surface area contributed by atoms with Crippen molar-refractivity contribution in [2.24, 2.45) is 0 Å².